The molecule has 2 N–H and O–H groups in total. The lowest BCUT2D eigenvalue weighted by Gasteiger charge is -2.08. The quantitative estimate of drug-likeness (QED) is 0.867. The van der Waals surface area contributed by atoms with Gasteiger partial charge in [0.05, 0.1) is 28.1 Å². The molecule has 0 atom stereocenters. The van der Waals surface area contributed by atoms with E-state index in [1.54, 1.807) is 0 Å². The normalized spacial score (nSPS) is 11.3. The summed E-state index contributed by atoms with van der Waals surface area (Å²) in [6.07, 6.45) is 1.81. The Morgan fingerprint density at radius 1 is 1.14 bits per heavy atom. The first-order valence-electron chi connectivity index (χ1n) is 7.50. The van der Waals surface area contributed by atoms with Crippen LogP contribution in [0.1, 0.15) is 42.2 Å². The predicted octanol–water partition coefficient (Wildman–Crippen LogP) is 2.59. The molecule has 0 aromatic carbocycles. The summed E-state index contributed by atoms with van der Waals surface area (Å²) < 4.78 is 5.23. The Morgan fingerprint density at radius 3 is 2.43 bits per heavy atom. The van der Waals surface area contributed by atoms with Crippen molar-refractivity contribution >= 4 is 15.9 Å². The number of halogens is 1. The minimum Gasteiger partial charge on any atom is -0.330 e. The van der Waals surface area contributed by atoms with Crippen molar-refractivity contribution < 1.29 is 0 Å². The van der Waals surface area contributed by atoms with Crippen LogP contribution in [0.3, 0.4) is 0 Å². The monoisotopic (exact) mass is 353 g/mol. The van der Waals surface area contributed by atoms with Crippen molar-refractivity contribution in [2.24, 2.45) is 5.73 Å². The SMILES string of the molecule is CCc1nn(CC)c(Cn2nc(C)c(CCN)c2C)c1Br. The van der Waals surface area contributed by atoms with E-state index in [0.717, 1.165) is 41.8 Å². The molecule has 0 amide bonds. The molecule has 21 heavy (non-hydrogen) atoms. The minimum atomic E-state index is 0.657. The topological polar surface area (TPSA) is 61.7 Å². The summed E-state index contributed by atoms with van der Waals surface area (Å²) in [4.78, 5) is 0. The molecule has 0 aliphatic rings. The third-order valence-corrected chi connectivity index (χ3v) is 4.83. The van der Waals surface area contributed by atoms with Gasteiger partial charge in [0.2, 0.25) is 0 Å². The molecular formula is C15H24BrN5. The first kappa shape index (κ1) is 16.2. The van der Waals surface area contributed by atoms with Crippen LogP contribution in [0.2, 0.25) is 0 Å². The maximum Gasteiger partial charge on any atom is 0.0843 e. The van der Waals surface area contributed by atoms with Gasteiger partial charge in [0.1, 0.15) is 0 Å². The molecule has 2 aromatic heterocycles. The zero-order chi connectivity index (χ0) is 15.6. The van der Waals surface area contributed by atoms with Crippen molar-refractivity contribution in [3.63, 3.8) is 0 Å². The predicted molar refractivity (Wildman–Crippen MR) is 88.5 cm³/mol. The Balaban J connectivity index is 2.39. The van der Waals surface area contributed by atoms with Crippen molar-refractivity contribution in [3.05, 3.63) is 32.8 Å². The summed E-state index contributed by atoms with van der Waals surface area (Å²) in [5.41, 5.74) is 11.5. The van der Waals surface area contributed by atoms with Crippen molar-refractivity contribution in [1.82, 2.24) is 19.6 Å². The first-order chi connectivity index (χ1) is 10.0. The van der Waals surface area contributed by atoms with Crippen LogP contribution in [-0.4, -0.2) is 26.1 Å². The Morgan fingerprint density at radius 2 is 1.86 bits per heavy atom. The summed E-state index contributed by atoms with van der Waals surface area (Å²) in [7, 11) is 0. The minimum absolute atomic E-state index is 0.657. The molecule has 2 heterocycles. The van der Waals surface area contributed by atoms with Crippen LogP contribution in [0.4, 0.5) is 0 Å². The first-order valence-corrected chi connectivity index (χ1v) is 8.29. The van der Waals surface area contributed by atoms with Crippen molar-refractivity contribution in [1.29, 1.82) is 0 Å². The van der Waals surface area contributed by atoms with E-state index in [1.807, 2.05) is 0 Å². The van der Waals surface area contributed by atoms with Crippen LogP contribution in [-0.2, 0) is 25.9 Å². The Kier molecular flexibility index (Phi) is 5.22. The molecule has 0 fully saturated rings. The Bertz CT molecular complexity index is 627. The second-order valence-corrected chi connectivity index (χ2v) is 6.02. The molecule has 0 saturated carbocycles. The molecule has 2 rings (SSSR count). The van der Waals surface area contributed by atoms with Crippen LogP contribution < -0.4 is 5.73 Å². The molecule has 0 aliphatic heterocycles. The highest BCUT2D eigenvalue weighted by molar-refractivity contribution is 9.10. The van der Waals surface area contributed by atoms with Gasteiger partial charge in [-0.3, -0.25) is 9.36 Å². The third-order valence-electron chi connectivity index (χ3n) is 3.92. The van der Waals surface area contributed by atoms with Gasteiger partial charge in [-0.25, -0.2) is 0 Å². The van der Waals surface area contributed by atoms with Crippen LogP contribution >= 0.6 is 15.9 Å². The number of nitrogens with zero attached hydrogens (tertiary/aromatic N) is 4. The smallest absolute Gasteiger partial charge is 0.0843 e. The van der Waals surface area contributed by atoms with E-state index in [9.17, 15) is 0 Å². The molecule has 5 nitrogen and oxygen atoms in total. The standard InChI is InChI=1S/C15H24BrN5/c1-5-13-15(16)14(20(6-2)19-13)9-21-11(4)12(7-8-17)10(3)18-21/h5-9,17H2,1-4H3. The van der Waals surface area contributed by atoms with E-state index in [0.29, 0.717) is 6.54 Å². The highest BCUT2D eigenvalue weighted by Crippen LogP contribution is 2.24. The van der Waals surface area contributed by atoms with Crippen LogP contribution in [0.15, 0.2) is 4.47 Å². The summed E-state index contributed by atoms with van der Waals surface area (Å²) >= 11 is 3.70. The van der Waals surface area contributed by atoms with E-state index < -0.39 is 0 Å². The molecule has 0 spiro atoms. The summed E-state index contributed by atoms with van der Waals surface area (Å²) in [5.74, 6) is 0. The van der Waals surface area contributed by atoms with E-state index >= 15 is 0 Å². The van der Waals surface area contributed by atoms with Gasteiger partial charge in [0.25, 0.3) is 0 Å². The van der Waals surface area contributed by atoms with Crippen LogP contribution in [0, 0.1) is 13.8 Å². The number of hydrogen-bond donors (Lipinski definition) is 1. The summed E-state index contributed by atoms with van der Waals surface area (Å²) in [6, 6.07) is 0. The molecule has 116 valence electrons. The molecular weight excluding hydrogens is 330 g/mol. The Hall–Kier alpha value is -1.14. The van der Waals surface area contributed by atoms with Gasteiger partial charge >= 0.3 is 0 Å². The van der Waals surface area contributed by atoms with Crippen LogP contribution in [0.5, 0.6) is 0 Å². The summed E-state index contributed by atoms with van der Waals surface area (Å²) in [6.45, 7) is 10.7. The second-order valence-electron chi connectivity index (χ2n) is 5.22. The largest absolute Gasteiger partial charge is 0.330 e. The molecule has 0 saturated heterocycles. The average molecular weight is 354 g/mol. The van der Waals surface area contributed by atoms with Crippen LogP contribution in [0.25, 0.3) is 0 Å². The second kappa shape index (κ2) is 6.75. The van der Waals surface area contributed by atoms with E-state index in [2.05, 4.69) is 63.2 Å². The van der Waals surface area contributed by atoms with Gasteiger partial charge in [-0.05, 0) is 61.7 Å². The lowest BCUT2D eigenvalue weighted by atomic mass is 10.1. The average Bonchev–Trinajstić information content (AvgIpc) is 2.92. The highest BCUT2D eigenvalue weighted by Gasteiger charge is 2.17. The number of rotatable bonds is 6. The maximum atomic E-state index is 5.69. The van der Waals surface area contributed by atoms with Crippen molar-refractivity contribution in [3.8, 4) is 0 Å². The molecule has 0 bridgehead atoms. The fourth-order valence-electron chi connectivity index (χ4n) is 2.70. The van der Waals surface area contributed by atoms with Gasteiger partial charge in [0.15, 0.2) is 0 Å². The van der Waals surface area contributed by atoms with E-state index in [1.165, 1.54) is 17.0 Å². The van der Waals surface area contributed by atoms with E-state index in [-0.39, 0.29) is 0 Å². The zero-order valence-electron chi connectivity index (χ0n) is 13.3. The zero-order valence-corrected chi connectivity index (χ0v) is 14.9. The van der Waals surface area contributed by atoms with Gasteiger partial charge in [-0.1, -0.05) is 6.92 Å². The number of hydrogen-bond acceptors (Lipinski definition) is 3. The van der Waals surface area contributed by atoms with Crippen molar-refractivity contribution in [2.75, 3.05) is 6.54 Å². The van der Waals surface area contributed by atoms with Gasteiger partial charge in [-0.15, -0.1) is 0 Å². The Labute approximate surface area is 134 Å². The number of aryl methyl sites for hydroxylation is 3. The number of aromatic nitrogens is 4. The lowest BCUT2D eigenvalue weighted by molar-refractivity contribution is 0.564. The van der Waals surface area contributed by atoms with E-state index in [4.69, 9.17) is 5.73 Å². The third kappa shape index (κ3) is 3.06. The lowest BCUT2D eigenvalue weighted by Crippen LogP contribution is -2.11. The van der Waals surface area contributed by atoms with Gasteiger partial charge in [0, 0.05) is 12.2 Å². The van der Waals surface area contributed by atoms with Gasteiger partial charge in [-0.2, -0.15) is 10.2 Å². The highest BCUT2D eigenvalue weighted by atomic mass is 79.9. The van der Waals surface area contributed by atoms with Crippen molar-refractivity contribution in [2.45, 2.75) is 53.6 Å². The molecule has 2 aromatic rings. The maximum absolute atomic E-state index is 5.69. The molecule has 0 radical (unpaired) electrons. The summed E-state index contributed by atoms with van der Waals surface area (Å²) in [5, 5.41) is 9.32. The molecule has 0 unspecified atom stereocenters. The van der Waals surface area contributed by atoms with Gasteiger partial charge < -0.3 is 5.73 Å². The fraction of sp³-hybridized carbons (Fsp3) is 0.600. The molecule has 6 heteroatoms. The number of nitrogens with two attached hydrogens (primary N) is 1. The fourth-order valence-corrected chi connectivity index (χ4v) is 3.39. The molecule has 0 aliphatic carbocycles.